The molecule has 1 heterocycles. The van der Waals surface area contributed by atoms with Gasteiger partial charge in [-0.15, -0.1) is 0 Å². The Bertz CT molecular complexity index is 595. The van der Waals surface area contributed by atoms with E-state index in [1.54, 1.807) is 36.7 Å². The van der Waals surface area contributed by atoms with Gasteiger partial charge in [-0.2, -0.15) is 5.10 Å². The number of aliphatic carboxylic acids is 1. The summed E-state index contributed by atoms with van der Waals surface area (Å²) >= 11 is 0. The van der Waals surface area contributed by atoms with Crippen LogP contribution in [0.15, 0.2) is 36.7 Å². The maximum absolute atomic E-state index is 11.7. The SMILES string of the molecule is O=C(O)Cc1ccccc1NC(=O)NCc1cn[nH]c1. The van der Waals surface area contributed by atoms with Gasteiger partial charge >= 0.3 is 12.0 Å². The molecule has 0 aliphatic carbocycles. The second kappa shape index (κ2) is 6.37. The highest BCUT2D eigenvalue weighted by Crippen LogP contribution is 2.15. The second-order valence-electron chi connectivity index (χ2n) is 4.14. The largest absolute Gasteiger partial charge is 0.481 e. The van der Waals surface area contributed by atoms with Crippen molar-refractivity contribution in [2.24, 2.45) is 0 Å². The van der Waals surface area contributed by atoms with Crippen molar-refractivity contribution >= 4 is 17.7 Å². The number of carboxylic acid groups (broad SMARTS) is 1. The Morgan fingerprint density at radius 3 is 2.80 bits per heavy atom. The van der Waals surface area contributed by atoms with Crippen LogP contribution in [0, 0.1) is 0 Å². The first kappa shape index (κ1) is 13.6. The number of anilines is 1. The highest BCUT2D eigenvalue weighted by Gasteiger charge is 2.09. The van der Waals surface area contributed by atoms with Crippen LogP contribution in [-0.2, 0) is 17.8 Å². The lowest BCUT2D eigenvalue weighted by atomic mass is 10.1. The summed E-state index contributed by atoms with van der Waals surface area (Å²) in [5.74, 6) is -0.946. The third kappa shape index (κ3) is 3.84. The molecule has 0 fully saturated rings. The Morgan fingerprint density at radius 1 is 1.30 bits per heavy atom. The van der Waals surface area contributed by atoms with E-state index in [1.165, 1.54) is 0 Å². The number of aromatic nitrogens is 2. The lowest BCUT2D eigenvalue weighted by Crippen LogP contribution is -2.28. The normalized spacial score (nSPS) is 10.0. The minimum Gasteiger partial charge on any atom is -0.481 e. The minimum absolute atomic E-state index is 0.141. The quantitative estimate of drug-likeness (QED) is 0.660. The zero-order valence-electron chi connectivity index (χ0n) is 10.6. The molecule has 2 rings (SSSR count). The summed E-state index contributed by atoms with van der Waals surface area (Å²) in [6.07, 6.45) is 3.15. The molecule has 0 spiro atoms. The third-order valence-corrected chi connectivity index (χ3v) is 2.62. The fraction of sp³-hybridized carbons (Fsp3) is 0.154. The molecule has 0 atom stereocenters. The lowest BCUT2D eigenvalue weighted by molar-refractivity contribution is -0.136. The second-order valence-corrected chi connectivity index (χ2v) is 4.14. The van der Waals surface area contributed by atoms with Crippen LogP contribution < -0.4 is 10.6 Å². The van der Waals surface area contributed by atoms with E-state index < -0.39 is 12.0 Å². The number of amides is 2. The van der Waals surface area contributed by atoms with Crippen LogP contribution in [0.2, 0.25) is 0 Å². The molecule has 7 heteroatoms. The van der Waals surface area contributed by atoms with Gasteiger partial charge in [-0.3, -0.25) is 9.89 Å². The molecule has 0 aliphatic heterocycles. The minimum atomic E-state index is -0.946. The number of carbonyl (C=O) groups excluding carboxylic acids is 1. The van der Waals surface area contributed by atoms with Crippen molar-refractivity contribution in [3.63, 3.8) is 0 Å². The standard InChI is InChI=1S/C13H14N4O3/c18-12(19)5-10-3-1-2-4-11(10)17-13(20)14-6-9-7-15-16-8-9/h1-4,7-8H,5-6H2,(H,15,16)(H,18,19)(H2,14,17,20). The molecule has 7 nitrogen and oxygen atoms in total. The summed E-state index contributed by atoms with van der Waals surface area (Å²) in [7, 11) is 0. The van der Waals surface area contributed by atoms with E-state index in [1.807, 2.05) is 0 Å². The van der Waals surface area contributed by atoms with Gasteiger partial charge in [-0.1, -0.05) is 18.2 Å². The molecule has 4 N–H and O–H groups in total. The van der Waals surface area contributed by atoms with Crippen LogP contribution in [0.25, 0.3) is 0 Å². The molecule has 0 saturated heterocycles. The summed E-state index contributed by atoms with van der Waals surface area (Å²) in [5.41, 5.74) is 1.89. The van der Waals surface area contributed by atoms with Gasteiger partial charge in [0.25, 0.3) is 0 Å². The fourth-order valence-electron chi connectivity index (χ4n) is 1.68. The zero-order valence-corrected chi connectivity index (χ0v) is 10.6. The van der Waals surface area contributed by atoms with E-state index in [-0.39, 0.29) is 6.42 Å². The molecule has 0 bridgehead atoms. The average Bonchev–Trinajstić information content (AvgIpc) is 2.91. The van der Waals surface area contributed by atoms with Crippen molar-refractivity contribution in [1.82, 2.24) is 15.5 Å². The average molecular weight is 274 g/mol. The summed E-state index contributed by atoms with van der Waals surface area (Å²) in [6, 6.07) is 6.39. The van der Waals surface area contributed by atoms with Gasteiger partial charge in [0.05, 0.1) is 12.6 Å². The van der Waals surface area contributed by atoms with Crippen LogP contribution in [0.4, 0.5) is 10.5 Å². The molecule has 0 radical (unpaired) electrons. The van der Waals surface area contributed by atoms with Gasteiger partial charge in [0, 0.05) is 24.0 Å². The van der Waals surface area contributed by atoms with E-state index in [0.29, 0.717) is 17.8 Å². The number of carboxylic acids is 1. The monoisotopic (exact) mass is 274 g/mol. The number of hydrogen-bond acceptors (Lipinski definition) is 3. The first-order valence-corrected chi connectivity index (χ1v) is 5.97. The molecule has 104 valence electrons. The maximum Gasteiger partial charge on any atom is 0.319 e. The molecule has 2 aromatic rings. The summed E-state index contributed by atoms with van der Waals surface area (Å²) in [6.45, 7) is 0.337. The topological polar surface area (TPSA) is 107 Å². The Kier molecular flexibility index (Phi) is 4.33. The van der Waals surface area contributed by atoms with Gasteiger partial charge in [0.1, 0.15) is 0 Å². The van der Waals surface area contributed by atoms with Crippen molar-refractivity contribution < 1.29 is 14.7 Å². The predicted octanol–water partition coefficient (Wildman–Crippen LogP) is 1.36. The van der Waals surface area contributed by atoms with Gasteiger partial charge in [-0.25, -0.2) is 4.79 Å². The van der Waals surface area contributed by atoms with Crippen LogP contribution in [0.3, 0.4) is 0 Å². The molecular formula is C13H14N4O3. The smallest absolute Gasteiger partial charge is 0.319 e. The lowest BCUT2D eigenvalue weighted by Gasteiger charge is -2.10. The number of H-pyrrole nitrogens is 1. The number of benzene rings is 1. The predicted molar refractivity (Wildman–Crippen MR) is 72.2 cm³/mol. The molecule has 2 amide bonds. The van der Waals surface area contributed by atoms with Crippen molar-refractivity contribution in [3.05, 3.63) is 47.8 Å². The molecule has 0 saturated carbocycles. The molecule has 1 aromatic carbocycles. The number of aromatic amines is 1. The fourth-order valence-corrected chi connectivity index (χ4v) is 1.68. The number of nitrogens with one attached hydrogen (secondary N) is 3. The summed E-state index contributed by atoms with van der Waals surface area (Å²) in [4.78, 5) is 22.5. The van der Waals surface area contributed by atoms with E-state index in [2.05, 4.69) is 20.8 Å². The Labute approximate surface area is 115 Å². The zero-order chi connectivity index (χ0) is 14.4. The molecule has 0 aliphatic rings. The van der Waals surface area contributed by atoms with Crippen molar-refractivity contribution in [2.75, 3.05) is 5.32 Å². The molecule has 0 unspecified atom stereocenters. The first-order chi connectivity index (χ1) is 9.65. The van der Waals surface area contributed by atoms with E-state index in [0.717, 1.165) is 5.56 Å². The van der Waals surface area contributed by atoms with Crippen molar-refractivity contribution in [1.29, 1.82) is 0 Å². The van der Waals surface area contributed by atoms with E-state index >= 15 is 0 Å². The van der Waals surface area contributed by atoms with Gasteiger partial charge < -0.3 is 15.7 Å². The van der Waals surface area contributed by atoms with Crippen LogP contribution in [0.1, 0.15) is 11.1 Å². The van der Waals surface area contributed by atoms with Gasteiger partial charge in [-0.05, 0) is 11.6 Å². The van der Waals surface area contributed by atoms with E-state index in [4.69, 9.17) is 5.11 Å². The Morgan fingerprint density at radius 2 is 2.10 bits per heavy atom. The maximum atomic E-state index is 11.7. The van der Waals surface area contributed by atoms with Crippen LogP contribution >= 0.6 is 0 Å². The summed E-state index contributed by atoms with van der Waals surface area (Å²) in [5, 5.41) is 20.5. The van der Waals surface area contributed by atoms with Gasteiger partial charge in [0.2, 0.25) is 0 Å². The first-order valence-electron chi connectivity index (χ1n) is 5.97. The Hall–Kier alpha value is -2.83. The number of para-hydroxylation sites is 1. The summed E-state index contributed by atoms with van der Waals surface area (Å²) < 4.78 is 0. The number of carbonyl (C=O) groups is 2. The molecular weight excluding hydrogens is 260 g/mol. The number of hydrogen-bond donors (Lipinski definition) is 4. The molecule has 1 aromatic heterocycles. The van der Waals surface area contributed by atoms with E-state index in [9.17, 15) is 9.59 Å². The number of urea groups is 1. The van der Waals surface area contributed by atoms with Crippen LogP contribution in [0.5, 0.6) is 0 Å². The molecule has 20 heavy (non-hydrogen) atoms. The third-order valence-electron chi connectivity index (χ3n) is 2.62. The highest BCUT2D eigenvalue weighted by molar-refractivity contribution is 5.90. The number of rotatable bonds is 5. The van der Waals surface area contributed by atoms with Crippen molar-refractivity contribution in [3.8, 4) is 0 Å². The number of nitrogens with zero attached hydrogens (tertiary/aromatic N) is 1. The van der Waals surface area contributed by atoms with Gasteiger partial charge in [0.15, 0.2) is 0 Å². The van der Waals surface area contributed by atoms with Crippen LogP contribution in [-0.4, -0.2) is 27.3 Å². The highest BCUT2D eigenvalue weighted by atomic mass is 16.4. The Balaban J connectivity index is 1.95. The van der Waals surface area contributed by atoms with Crippen molar-refractivity contribution in [2.45, 2.75) is 13.0 Å².